The first-order chi connectivity index (χ1) is 8.43. The maximum absolute atomic E-state index is 4.53. The van der Waals surface area contributed by atoms with Crippen LogP contribution in [0.25, 0.3) is 10.9 Å². The van der Waals surface area contributed by atoms with Crippen LogP contribution < -0.4 is 5.32 Å². The van der Waals surface area contributed by atoms with Gasteiger partial charge in [0, 0.05) is 11.6 Å². The molecule has 0 unspecified atom stereocenters. The molecule has 1 saturated heterocycles. The number of nitrogens with zero attached hydrogens (tertiary/aromatic N) is 1. The van der Waals surface area contributed by atoms with Crippen LogP contribution in [0.1, 0.15) is 18.4 Å². The van der Waals surface area contributed by atoms with Crippen molar-refractivity contribution in [1.82, 2.24) is 10.3 Å². The Morgan fingerprint density at radius 2 is 1.89 bits per heavy atom. The number of hydrogen-bond acceptors (Lipinski definition) is 2. The summed E-state index contributed by atoms with van der Waals surface area (Å²) >= 11 is 0. The Balaban J connectivity index is 0.00000120. The highest BCUT2D eigenvalue weighted by atomic mass is 35.5. The molecule has 3 rings (SSSR count). The summed E-state index contributed by atoms with van der Waals surface area (Å²) in [6.07, 6.45) is 5.66. The lowest BCUT2D eigenvalue weighted by Gasteiger charge is -2.22. The van der Waals surface area contributed by atoms with Crippen LogP contribution in [0.15, 0.2) is 36.5 Å². The van der Waals surface area contributed by atoms with Crippen molar-refractivity contribution in [3.05, 3.63) is 42.1 Å². The zero-order valence-electron chi connectivity index (χ0n) is 10.4. The maximum atomic E-state index is 4.53. The molecule has 1 aromatic carbocycles. The molecule has 0 amide bonds. The quantitative estimate of drug-likeness (QED) is 0.899. The van der Waals surface area contributed by atoms with Gasteiger partial charge in [0.05, 0.1) is 5.52 Å². The van der Waals surface area contributed by atoms with Crippen molar-refractivity contribution in [2.24, 2.45) is 5.92 Å². The molecule has 1 N–H and O–H groups in total. The van der Waals surface area contributed by atoms with Crippen molar-refractivity contribution in [3.8, 4) is 0 Å². The Morgan fingerprint density at radius 3 is 2.72 bits per heavy atom. The predicted molar refractivity (Wildman–Crippen MR) is 78.3 cm³/mol. The van der Waals surface area contributed by atoms with E-state index in [9.17, 15) is 0 Å². The van der Waals surface area contributed by atoms with E-state index in [4.69, 9.17) is 0 Å². The fraction of sp³-hybridized carbons (Fsp3) is 0.400. The van der Waals surface area contributed by atoms with Gasteiger partial charge in [-0.3, -0.25) is 4.98 Å². The van der Waals surface area contributed by atoms with Crippen LogP contribution >= 0.6 is 12.4 Å². The van der Waals surface area contributed by atoms with Gasteiger partial charge in [0.1, 0.15) is 0 Å². The lowest BCUT2D eigenvalue weighted by Crippen LogP contribution is -2.28. The van der Waals surface area contributed by atoms with Gasteiger partial charge < -0.3 is 5.32 Å². The number of nitrogens with one attached hydrogen (secondary N) is 1. The SMILES string of the molecule is Cl.c1cnc2c(CC3CCNCC3)cccc2c1. The fourth-order valence-corrected chi connectivity index (χ4v) is 2.73. The summed E-state index contributed by atoms with van der Waals surface area (Å²) in [6.45, 7) is 2.34. The van der Waals surface area contributed by atoms with Gasteiger partial charge in [-0.15, -0.1) is 12.4 Å². The average molecular weight is 263 g/mol. The average Bonchev–Trinajstić information content (AvgIpc) is 2.40. The van der Waals surface area contributed by atoms with Crippen molar-refractivity contribution in [2.75, 3.05) is 13.1 Å². The van der Waals surface area contributed by atoms with E-state index in [1.54, 1.807) is 0 Å². The minimum Gasteiger partial charge on any atom is -0.317 e. The zero-order chi connectivity index (χ0) is 11.5. The lowest BCUT2D eigenvalue weighted by atomic mass is 9.90. The number of hydrogen-bond donors (Lipinski definition) is 1. The number of pyridine rings is 1. The monoisotopic (exact) mass is 262 g/mol. The Bertz CT molecular complexity index is 501. The van der Waals surface area contributed by atoms with Gasteiger partial charge >= 0.3 is 0 Å². The molecule has 1 fully saturated rings. The fourth-order valence-electron chi connectivity index (χ4n) is 2.73. The first-order valence-corrected chi connectivity index (χ1v) is 6.47. The highest BCUT2D eigenvalue weighted by Crippen LogP contribution is 2.23. The summed E-state index contributed by atoms with van der Waals surface area (Å²) in [5, 5.41) is 4.68. The van der Waals surface area contributed by atoms with E-state index in [2.05, 4.69) is 34.6 Å². The first kappa shape index (κ1) is 13.3. The van der Waals surface area contributed by atoms with E-state index in [0.717, 1.165) is 5.92 Å². The van der Waals surface area contributed by atoms with Crippen molar-refractivity contribution in [3.63, 3.8) is 0 Å². The molecular formula is C15H19ClN2. The number of para-hydroxylation sites is 1. The first-order valence-electron chi connectivity index (χ1n) is 6.47. The number of fused-ring (bicyclic) bond motifs is 1. The molecule has 3 heteroatoms. The Labute approximate surface area is 114 Å². The van der Waals surface area contributed by atoms with Crippen molar-refractivity contribution < 1.29 is 0 Å². The van der Waals surface area contributed by atoms with E-state index in [1.165, 1.54) is 48.8 Å². The molecule has 0 bridgehead atoms. The van der Waals surface area contributed by atoms with Crippen LogP contribution in [0.2, 0.25) is 0 Å². The molecule has 1 aliphatic rings. The van der Waals surface area contributed by atoms with Gasteiger partial charge in [-0.25, -0.2) is 0 Å². The van der Waals surface area contributed by atoms with E-state index >= 15 is 0 Å². The molecule has 1 aromatic heterocycles. The van der Waals surface area contributed by atoms with E-state index in [1.807, 2.05) is 12.3 Å². The van der Waals surface area contributed by atoms with E-state index < -0.39 is 0 Å². The highest BCUT2D eigenvalue weighted by Gasteiger charge is 2.14. The highest BCUT2D eigenvalue weighted by molar-refractivity contribution is 5.85. The molecule has 0 radical (unpaired) electrons. The van der Waals surface area contributed by atoms with Crippen LogP contribution in [-0.4, -0.2) is 18.1 Å². The van der Waals surface area contributed by atoms with Crippen LogP contribution in [0.3, 0.4) is 0 Å². The van der Waals surface area contributed by atoms with Crippen LogP contribution in [0, 0.1) is 5.92 Å². The van der Waals surface area contributed by atoms with Gasteiger partial charge in [-0.1, -0.05) is 24.3 Å². The number of rotatable bonds is 2. The zero-order valence-corrected chi connectivity index (χ0v) is 11.2. The minimum atomic E-state index is 0. The summed E-state index contributed by atoms with van der Waals surface area (Å²) in [5.41, 5.74) is 2.60. The Kier molecular flexibility index (Phi) is 4.56. The summed E-state index contributed by atoms with van der Waals surface area (Å²) in [6, 6.07) is 10.7. The second kappa shape index (κ2) is 6.17. The molecule has 0 atom stereocenters. The summed E-state index contributed by atoms with van der Waals surface area (Å²) in [5.74, 6) is 0.823. The summed E-state index contributed by atoms with van der Waals surface area (Å²) in [7, 11) is 0. The van der Waals surface area contributed by atoms with Gasteiger partial charge in [0.15, 0.2) is 0 Å². The molecular weight excluding hydrogens is 244 g/mol. The maximum Gasteiger partial charge on any atom is 0.0733 e. The summed E-state index contributed by atoms with van der Waals surface area (Å²) in [4.78, 5) is 4.53. The standard InChI is InChI=1S/C15H18N2.ClH/c1-3-13-5-2-8-17-15(13)14(4-1)11-12-6-9-16-10-7-12;/h1-5,8,12,16H,6-7,9-11H2;1H. The van der Waals surface area contributed by atoms with Crippen molar-refractivity contribution in [1.29, 1.82) is 0 Å². The molecule has 18 heavy (non-hydrogen) atoms. The van der Waals surface area contributed by atoms with Crippen molar-refractivity contribution in [2.45, 2.75) is 19.3 Å². The molecule has 2 nitrogen and oxygen atoms in total. The lowest BCUT2D eigenvalue weighted by molar-refractivity contribution is 0.373. The van der Waals surface area contributed by atoms with Crippen molar-refractivity contribution >= 4 is 23.3 Å². The van der Waals surface area contributed by atoms with Gasteiger partial charge in [-0.05, 0) is 49.9 Å². The summed E-state index contributed by atoms with van der Waals surface area (Å²) < 4.78 is 0. The van der Waals surface area contributed by atoms with Gasteiger partial charge in [0.25, 0.3) is 0 Å². The normalized spacial score (nSPS) is 16.4. The van der Waals surface area contributed by atoms with Gasteiger partial charge in [-0.2, -0.15) is 0 Å². The second-order valence-corrected chi connectivity index (χ2v) is 4.89. The van der Waals surface area contributed by atoms with E-state index in [0.29, 0.717) is 0 Å². The number of benzene rings is 1. The van der Waals surface area contributed by atoms with Crippen LogP contribution in [0.4, 0.5) is 0 Å². The molecule has 0 saturated carbocycles. The smallest absolute Gasteiger partial charge is 0.0733 e. The predicted octanol–water partition coefficient (Wildman–Crippen LogP) is 3.20. The largest absolute Gasteiger partial charge is 0.317 e. The third-order valence-electron chi connectivity index (χ3n) is 3.68. The molecule has 1 aliphatic heterocycles. The van der Waals surface area contributed by atoms with Crippen LogP contribution in [0.5, 0.6) is 0 Å². The third kappa shape index (κ3) is 2.82. The minimum absolute atomic E-state index is 0. The Morgan fingerprint density at radius 1 is 1.11 bits per heavy atom. The Hall–Kier alpha value is -1.12. The second-order valence-electron chi connectivity index (χ2n) is 4.89. The number of aromatic nitrogens is 1. The molecule has 2 aromatic rings. The van der Waals surface area contributed by atoms with Crippen LogP contribution in [-0.2, 0) is 6.42 Å². The third-order valence-corrected chi connectivity index (χ3v) is 3.68. The van der Waals surface area contributed by atoms with Gasteiger partial charge in [0.2, 0.25) is 0 Å². The molecule has 0 spiro atoms. The topological polar surface area (TPSA) is 24.9 Å². The molecule has 0 aliphatic carbocycles. The molecule has 2 heterocycles. The molecule has 96 valence electrons. The number of piperidine rings is 1. The van der Waals surface area contributed by atoms with E-state index in [-0.39, 0.29) is 12.4 Å². The number of halogens is 1.